The molecule has 3 rings (SSSR count). The highest BCUT2D eigenvalue weighted by atomic mass is 19.1. The molecule has 20 heavy (non-hydrogen) atoms. The van der Waals surface area contributed by atoms with Crippen molar-refractivity contribution in [3.63, 3.8) is 0 Å². The fourth-order valence-electron chi connectivity index (χ4n) is 2.44. The number of H-pyrrole nitrogens is 2. The number of aromatic amines is 2. The van der Waals surface area contributed by atoms with E-state index in [2.05, 4.69) is 25.4 Å². The van der Waals surface area contributed by atoms with Crippen molar-refractivity contribution in [2.24, 2.45) is 0 Å². The summed E-state index contributed by atoms with van der Waals surface area (Å²) in [6.07, 6.45) is 1.01. The average Bonchev–Trinajstić information content (AvgIpc) is 3.06. The topological polar surface area (TPSA) is 76.8 Å². The molecular weight excluding hydrogens is 261 g/mol. The maximum Gasteiger partial charge on any atom is 0.340 e. The van der Waals surface area contributed by atoms with E-state index in [1.54, 1.807) is 12.1 Å². The van der Waals surface area contributed by atoms with Crippen molar-refractivity contribution in [3.8, 4) is 0 Å². The van der Waals surface area contributed by atoms with Crippen LogP contribution in [-0.2, 0) is 6.54 Å². The van der Waals surface area contributed by atoms with E-state index in [1.807, 2.05) is 0 Å². The Morgan fingerprint density at radius 1 is 1.40 bits per heavy atom. The van der Waals surface area contributed by atoms with Gasteiger partial charge in [0, 0.05) is 24.8 Å². The van der Waals surface area contributed by atoms with Gasteiger partial charge in [-0.05, 0) is 30.7 Å². The third-order valence-electron chi connectivity index (χ3n) is 3.49. The number of aromatic nitrogens is 3. The molecule has 0 amide bonds. The molecule has 1 atom stereocenters. The zero-order chi connectivity index (χ0) is 13.9. The van der Waals surface area contributed by atoms with E-state index >= 15 is 0 Å². The molecule has 1 aliphatic heterocycles. The van der Waals surface area contributed by atoms with E-state index in [9.17, 15) is 9.18 Å². The molecule has 0 bridgehead atoms. The Morgan fingerprint density at radius 2 is 2.20 bits per heavy atom. The van der Waals surface area contributed by atoms with E-state index in [4.69, 9.17) is 0 Å². The first-order valence-corrected chi connectivity index (χ1v) is 6.58. The maximum absolute atomic E-state index is 12.9. The first-order valence-electron chi connectivity index (χ1n) is 6.58. The molecular formula is C13H16FN5O. The van der Waals surface area contributed by atoms with Crippen molar-refractivity contribution in [1.29, 1.82) is 0 Å². The van der Waals surface area contributed by atoms with Gasteiger partial charge in [0.25, 0.3) is 0 Å². The van der Waals surface area contributed by atoms with E-state index in [-0.39, 0.29) is 11.5 Å². The molecule has 0 saturated carbocycles. The Hall–Kier alpha value is -2.15. The van der Waals surface area contributed by atoms with E-state index in [0.29, 0.717) is 18.4 Å². The van der Waals surface area contributed by atoms with Crippen LogP contribution in [0.4, 0.5) is 10.1 Å². The molecule has 1 aromatic carbocycles. The van der Waals surface area contributed by atoms with Crippen LogP contribution < -0.4 is 15.9 Å². The SMILES string of the molecule is O=c1[nH]nc(CN[C@@H]2CCN(c3ccc(F)cc3)C2)[nH]1. The number of halogens is 1. The largest absolute Gasteiger partial charge is 0.370 e. The maximum atomic E-state index is 12.9. The van der Waals surface area contributed by atoms with Crippen LogP contribution in [0.15, 0.2) is 29.1 Å². The minimum atomic E-state index is -0.291. The quantitative estimate of drug-likeness (QED) is 0.765. The summed E-state index contributed by atoms with van der Waals surface area (Å²) in [5, 5.41) is 9.54. The summed E-state index contributed by atoms with van der Waals surface area (Å²) in [7, 11) is 0. The van der Waals surface area contributed by atoms with Crippen LogP contribution in [0.25, 0.3) is 0 Å². The average molecular weight is 277 g/mol. The van der Waals surface area contributed by atoms with Gasteiger partial charge in [-0.25, -0.2) is 14.3 Å². The lowest BCUT2D eigenvalue weighted by atomic mass is 10.2. The van der Waals surface area contributed by atoms with E-state index in [0.717, 1.165) is 25.2 Å². The zero-order valence-electron chi connectivity index (χ0n) is 10.9. The van der Waals surface area contributed by atoms with Crippen LogP contribution in [0, 0.1) is 5.82 Å². The minimum absolute atomic E-state index is 0.217. The van der Waals surface area contributed by atoms with Gasteiger partial charge in [-0.1, -0.05) is 0 Å². The van der Waals surface area contributed by atoms with Crippen LogP contribution in [0.1, 0.15) is 12.2 Å². The Balaban J connectivity index is 1.54. The van der Waals surface area contributed by atoms with Gasteiger partial charge in [0.15, 0.2) is 0 Å². The van der Waals surface area contributed by atoms with E-state index < -0.39 is 0 Å². The van der Waals surface area contributed by atoms with E-state index in [1.165, 1.54) is 12.1 Å². The third kappa shape index (κ3) is 2.88. The number of hydrogen-bond donors (Lipinski definition) is 3. The van der Waals surface area contributed by atoms with Crippen molar-refractivity contribution in [3.05, 3.63) is 46.4 Å². The number of rotatable bonds is 4. The molecule has 1 saturated heterocycles. The lowest BCUT2D eigenvalue weighted by Gasteiger charge is -2.18. The second-order valence-electron chi connectivity index (χ2n) is 4.91. The molecule has 0 unspecified atom stereocenters. The molecule has 106 valence electrons. The monoisotopic (exact) mass is 277 g/mol. The summed E-state index contributed by atoms with van der Waals surface area (Å²) in [6.45, 7) is 2.32. The summed E-state index contributed by atoms with van der Waals surface area (Å²) in [4.78, 5) is 15.7. The standard InChI is InChI=1S/C13H16FN5O/c14-9-1-3-11(4-2-9)19-6-5-10(8-19)15-7-12-16-13(20)18-17-12/h1-4,10,15H,5-8H2,(H2,16,17,18,20)/t10-/m1/s1. The lowest BCUT2D eigenvalue weighted by molar-refractivity contribution is 0.539. The molecule has 2 aromatic rings. The Kier molecular flexibility index (Phi) is 3.51. The zero-order valence-corrected chi connectivity index (χ0v) is 10.9. The van der Waals surface area contributed by atoms with Crippen molar-refractivity contribution < 1.29 is 4.39 Å². The second kappa shape index (κ2) is 5.46. The molecule has 7 heteroatoms. The van der Waals surface area contributed by atoms with Crippen LogP contribution in [-0.4, -0.2) is 34.3 Å². The number of hydrogen-bond acceptors (Lipinski definition) is 4. The molecule has 0 spiro atoms. The van der Waals surface area contributed by atoms with Gasteiger partial charge in [-0.15, -0.1) is 0 Å². The summed E-state index contributed by atoms with van der Waals surface area (Å²) < 4.78 is 12.9. The lowest BCUT2D eigenvalue weighted by Crippen LogP contribution is -2.32. The van der Waals surface area contributed by atoms with Gasteiger partial charge in [-0.2, -0.15) is 5.10 Å². The van der Waals surface area contributed by atoms with Crippen LogP contribution in [0.5, 0.6) is 0 Å². The summed E-state index contributed by atoms with van der Waals surface area (Å²) in [5.41, 5.74) is 0.741. The Bertz CT molecular complexity index is 620. The minimum Gasteiger partial charge on any atom is -0.370 e. The normalized spacial score (nSPS) is 18.6. The summed E-state index contributed by atoms with van der Waals surface area (Å²) in [6, 6.07) is 6.88. The number of benzene rings is 1. The van der Waals surface area contributed by atoms with Crippen molar-refractivity contribution in [1.82, 2.24) is 20.5 Å². The summed E-state index contributed by atoms with van der Waals surface area (Å²) >= 11 is 0. The van der Waals surface area contributed by atoms with Gasteiger partial charge in [0.2, 0.25) is 0 Å². The second-order valence-corrected chi connectivity index (χ2v) is 4.91. The molecule has 1 fully saturated rings. The Labute approximate surface area is 115 Å². The van der Waals surface area contributed by atoms with Crippen LogP contribution in [0.3, 0.4) is 0 Å². The molecule has 1 aromatic heterocycles. The molecule has 0 aliphatic carbocycles. The van der Waals surface area contributed by atoms with Crippen LogP contribution in [0.2, 0.25) is 0 Å². The van der Waals surface area contributed by atoms with Crippen LogP contribution >= 0.6 is 0 Å². The highest BCUT2D eigenvalue weighted by molar-refractivity contribution is 5.47. The van der Waals surface area contributed by atoms with Gasteiger partial charge in [0.05, 0.1) is 6.54 Å². The van der Waals surface area contributed by atoms with Crippen molar-refractivity contribution >= 4 is 5.69 Å². The van der Waals surface area contributed by atoms with Gasteiger partial charge < -0.3 is 10.2 Å². The molecule has 6 nitrogen and oxygen atoms in total. The first-order chi connectivity index (χ1) is 9.70. The molecule has 3 N–H and O–H groups in total. The fraction of sp³-hybridized carbons (Fsp3) is 0.385. The van der Waals surface area contributed by atoms with Gasteiger partial charge in [-0.3, -0.25) is 4.98 Å². The number of anilines is 1. The van der Waals surface area contributed by atoms with Gasteiger partial charge >= 0.3 is 5.69 Å². The van der Waals surface area contributed by atoms with Gasteiger partial charge in [0.1, 0.15) is 11.6 Å². The predicted molar refractivity (Wildman–Crippen MR) is 73.1 cm³/mol. The number of nitrogens with one attached hydrogen (secondary N) is 3. The smallest absolute Gasteiger partial charge is 0.340 e. The fourth-order valence-corrected chi connectivity index (χ4v) is 2.44. The highest BCUT2D eigenvalue weighted by Gasteiger charge is 2.22. The Morgan fingerprint density at radius 3 is 2.90 bits per heavy atom. The third-order valence-corrected chi connectivity index (χ3v) is 3.49. The van der Waals surface area contributed by atoms with Crippen molar-refractivity contribution in [2.75, 3.05) is 18.0 Å². The predicted octanol–water partition coefficient (Wildman–Crippen LogP) is 0.606. The van der Waals surface area contributed by atoms with Crippen molar-refractivity contribution in [2.45, 2.75) is 19.0 Å². The molecule has 1 aliphatic rings. The molecule has 2 heterocycles. The highest BCUT2D eigenvalue weighted by Crippen LogP contribution is 2.20. The summed E-state index contributed by atoms with van der Waals surface area (Å²) in [5.74, 6) is 0.389. The number of nitrogens with zero attached hydrogens (tertiary/aromatic N) is 2. The molecule has 0 radical (unpaired) electrons. The first kappa shape index (κ1) is 12.9.